The number of hydrogen-bond acceptors (Lipinski definition) is 5. The van der Waals surface area contributed by atoms with Gasteiger partial charge in [0, 0.05) is 13.0 Å². The van der Waals surface area contributed by atoms with E-state index in [9.17, 15) is 13.2 Å². The number of carbonyl (C=O) groups is 1. The van der Waals surface area contributed by atoms with Gasteiger partial charge in [-0.05, 0) is 11.5 Å². The SMILES string of the molecule is CC(=O)Oc1cc(Cl)nc(Cl)c1[B]c1ccccc1S(N)(=O)=O. The van der Waals surface area contributed by atoms with Crippen LogP contribution in [0.15, 0.2) is 35.2 Å². The summed E-state index contributed by atoms with van der Waals surface area (Å²) in [5, 5.41) is 5.18. The third-order valence-electron chi connectivity index (χ3n) is 2.72. The number of aromatic nitrogens is 1. The van der Waals surface area contributed by atoms with Crippen LogP contribution in [-0.4, -0.2) is 26.7 Å². The number of primary sulfonamides is 1. The van der Waals surface area contributed by atoms with E-state index in [0.29, 0.717) is 0 Å². The van der Waals surface area contributed by atoms with Crippen LogP contribution in [0.2, 0.25) is 10.3 Å². The lowest BCUT2D eigenvalue weighted by Gasteiger charge is -2.12. The minimum Gasteiger partial charge on any atom is -0.427 e. The predicted octanol–water partition coefficient (Wildman–Crippen LogP) is 0.616. The van der Waals surface area contributed by atoms with E-state index in [1.807, 2.05) is 0 Å². The van der Waals surface area contributed by atoms with Crippen molar-refractivity contribution in [2.75, 3.05) is 0 Å². The number of carbonyl (C=O) groups excluding carboxylic acids is 1. The molecule has 1 aromatic heterocycles. The highest BCUT2D eigenvalue weighted by Gasteiger charge is 2.20. The Balaban J connectivity index is 2.55. The predicted molar refractivity (Wildman–Crippen MR) is 88.4 cm³/mol. The van der Waals surface area contributed by atoms with Crippen molar-refractivity contribution < 1.29 is 17.9 Å². The second kappa shape index (κ2) is 6.88. The molecule has 1 heterocycles. The molecule has 0 saturated heterocycles. The van der Waals surface area contributed by atoms with Crippen molar-refractivity contribution in [1.29, 1.82) is 0 Å². The van der Waals surface area contributed by atoms with Crippen molar-refractivity contribution in [1.82, 2.24) is 4.98 Å². The Morgan fingerprint density at radius 2 is 1.96 bits per heavy atom. The van der Waals surface area contributed by atoms with E-state index in [1.54, 1.807) is 6.07 Å². The first kappa shape index (κ1) is 17.7. The molecule has 1 radical (unpaired) electrons. The average molecular weight is 372 g/mol. The summed E-state index contributed by atoms with van der Waals surface area (Å²) in [6.07, 6.45) is 0. The van der Waals surface area contributed by atoms with Gasteiger partial charge in [0.1, 0.15) is 16.1 Å². The smallest absolute Gasteiger partial charge is 0.308 e. The second-order valence-corrected chi connectivity index (χ2v) is 6.74. The van der Waals surface area contributed by atoms with E-state index in [-0.39, 0.29) is 31.9 Å². The standard InChI is InChI=1S/C13H10BCl2N2O4S/c1-7(19)22-9-6-11(15)18-13(16)12(9)14-8-4-2-3-5-10(8)23(17,20)21/h2-6H,1H3,(H2,17,20,21). The first-order valence-electron chi connectivity index (χ1n) is 6.19. The number of ether oxygens (including phenoxy) is 1. The molecule has 2 aromatic rings. The maximum absolute atomic E-state index is 11.6. The van der Waals surface area contributed by atoms with Crippen molar-refractivity contribution in [3.8, 4) is 5.75 Å². The second-order valence-electron chi connectivity index (χ2n) is 4.47. The highest BCUT2D eigenvalue weighted by molar-refractivity contribution is 7.89. The molecular formula is C13H10BCl2N2O4S. The van der Waals surface area contributed by atoms with Gasteiger partial charge in [0.05, 0.1) is 4.90 Å². The number of hydrogen-bond donors (Lipinski definition) is 1. The fourth-order valence-corrected chi connectivity index (χ4v) is 3.05. The largest absolute Gasteiger partial charge is 0.427 e. The van der Waals surface area contributed by atoms with Gasteiger partial charge in [-0.15, -0.1) is 0 Å². The van der Waals surface area contributed by atoms with Crippen LogP contribution in [-0.2, 0) is 14.8 Å². The lowest BCUT2D eigenvalue weighted by molar-refractivity contribution is -0.131. The Kier molecular flexibility index (Phi) is 5.31. The molecule has 0 saturated carbocycles. The Morgan fingerprint density at radius 3 is 2.57 bits per heavy atom. The number of pyridine rings is 1. The van der Waals surface area contributed by atoms with Gasteiger partial charge in [0.25, 0.3) is 0 Å². The maximum Gasteiger partial charge on any atom is 0.308 e. The molecule has 0 fully saturated rings. The van der Waals surface area contributed by atoms with Gasteiger partial charge in [0.2, 0.25) is 17.3 Å². The molecule has 10 heteroatoms. The van der Waals surface area contributed by atoms with Gasteiger partial charge < -0.3 is 4.74 Å². The van der Waals surface area contributed by atoms with E-state index in [1.165, 1.54) is 38.5 Å². The first-order chi connectivity index (χ1) is 10.7. The summed E-state index contributed by atoms with van der Waals surface area (Å²) in [5.41, 5.74) is 0.483. The molecule has 0 spiro atoms. The van der Waals surface area contributed by atoms with Gasteiger partial charge in [-0.3, -0.25) is 4.79 Å². The maximum atomic E-state index is 11.6. The van der Waals surface area contributed by atoms with Crippen molar-refractivity contribution in [2.24, 2.45) is 5.14 Å². The van der Waals surface area contributed by atoms with Crippen LogP contribution in [0.25, 0.3) is 0 Å². The van der Waals surface area contributed by atoms with Crippen LogP contribution in [0.3, 0.4) is 0 Å². The van der Waals surface area contributed by atoms with Crippen molar-refractivity contribution in [2.45, 2.75) is 11.8 Å². The van der Waals surface area contributed by atoms with Crippen molar-refractivity contribution in [3.63, 3.8) is 0 Å². The molecule has 0 aliphatic rings. The summed E-state index contributed by atoms with van der Waals surface area (Å²) in [7, 11) is -2.53. The third kappa shape index (κ3) is 4.45. The molecule has 0 amide bonds. The monoisotopic (exact) mass is 371 g/mol. The van der Waals surface area contributed by atoms with Gasteiger partial charge in [-0.1, -0.05) is 46.9 Å². The summed E-state index contributed by atoms with van der Waals surface area (Å²) >= 11 is 11.8. The number of benzene rings is 1. The van der Waals surface area contributed by atoms with E-state index in [2.05, 4.69) is 4.98 Å². The van der Waals surface area contributed by atoms with E-state index < -0.39 is 16.0 Å². The quantitative estimate of drug-likeness (QED) is 0.482. The van der Waals surface area contributed by atoms with Gasteiger partial charge in [-0.25, -0.2) is 18.5 Å². The zero-order valence-corrected chi connectivity index (χ0v) is 14.1. The van der Waals surface area contributed by atoms with Gasteiger partial charge in [-0.2, -0.15) is 0 Å². The molecule has 23 heavy (non-hydrogen) atoms. The number of nitrogens with zero attached hydrogens (tertiary/aromatic N) is 1. The van der Waals surface area contributed by atoms with Crippen molar-refractivity contribution >= 4 is 57.4 Å². The van der Waals surface area contributed by atoms with E-state index >= 15 is 0 Å². The zero-order chi connectivity index (χ0) is 17.2. The number of esters is 1. The van der Waals surface area contributed by atoms with Crippen LogP contribution < -0.4 is 20.8 Å². The Bertz CT molecular complexity index is 874. The first-order valence-corrected chi connectivity index (χ1v) is 8.50. The molecular weight excluding hydrogens is 362 g/mol. The number of nitrogens with two attached hydrogens (primary N) is 1. The molecule has 0 atom stereocenters. The third-order valence-corrected chi connectivity index (χ3v) is 4.19. The van der Waals surface area contributed by atoms with Crippen LogP contribution in [0, 0.1) is 0 Å². The van der Waals surface area contributed by atoms with E-state index in [4.69, 9.17) is 33.1 Å². The normalized spacial score (nSPS) is 11.1. The molecule has 0 aliphatic carbocycles. The van der Waals surface area contributed by atoms with Crippen LogP contribution >= 0.6 is 23.2 Å². The van der Waals surface area contributed by atoms with Crippen LogP contribution in [0.5, 0.6) is 5.75 Å². The molecule has 0 bridgehead atoms. The highest BCUT2D eigenvalue weighted by atomic mass is 35.5. The molecule has 0 aliphatic heterocycles. The van der Waals surface area contributed by atoms with Crippen molar-refractivity contribution in [3.05, 3.63) is 40.6 Å². The zero-order valence-electron chi connectivity index (χ0n) is 11.8. The molecule has 6 nitrogen and oxygen atoms in total. The summed E-state index contributed by atoms with van der Waals surface area (Å²) in [4.78, 5) is 15.0. The topological polar surface area (TPSA) is 99.3 Å². The molecule has 2 rings (SSSR count). The Morgan fingerprint density at radius 1 is 1.30 bits per heavy atom. The minimum atomic E-state index is -3.94. The lowest BCUT2D eigenvalue weighted by atomic mass is 9.64. The number of sulfonamides is 1. The average Bonchev–Trinajstić information content (AvgIpc) is 2.41. The van der Waals surface area contributed by atoms with Crippen LogP contribution in [0.4, 0.5) is 0 Å². The highest BCUT2D eigenvalue weighted by Crippen LogP contribution is 2.19. The molecule has 2 N–H and O–H groups in total. The van der Waals surface area contributed by atoms with Gasteiger partial charge >= 0.3 is 5.97 Å². The molecule has 0 unspecified atom stereocenters. The van der Waals surface area contributed by atoms with Crippen LogP contribution in [0.1, 0.15) is 6.92 Å². The molecule has 1 aromatic carbocycles. The summed E-state index contributed by atoms with van der Waals surface area (Å²) in [6, 6.07) is 7.35. The Hall–Kier alpha value is -1.61. The molecule has 119 valence electrons. The number of halogens is 2. The summed E-state index contributed by atoms with van der Waals surface area (Å²) in [5.74, 6) is -0.524. The van der Waals surface area contributed by atoms with E-state index in [0.717, 1.165) is 0 Å². The number of rotatable bonds is 4. The lowest BCUT2D eigenvalue weighted by Crippen LogP contribution is -2.35. The fourth-order valence-electron chi connectivity index (χ4n) is 1.86. The minimum absolute atomic E-state index is 0.0307. The summed E-state index contributed by atoms with van der Waals surface area (Å²) in [6.45, 7) is 1.21. The van der Waals surface area contributed by atoms with Gasteiger partial charge in [0.15, 0.2) is 0 Å². The fraction of sp³-hybridized carbons (Fsp3) is 0.0769. The summed E-state index contributed by atoms with van der Waals surface area (Å²) < 4.78 is 28.3. The Labute approximate surface area is 143 Å².